The Morgan fingerprint density at radius 3 is 3.10 bits per heavy atom. The second-order valence-corrected chi connectivity index (χ2v) is 6.09. The molecule has 0 bridgehead atoms. The Morgan fingerprint density at radius 2 is 2.35 bits per heavy atom. The molecule has 0 N–H and O–H groups in total. The summed E-state index contributed by atoms with van der Waals surface area (Å²) < 4.78 is 1.92. The third kappa shape index (κ3) is 2.44. The summed E-state index contributed by atoms with van der Waals surface area (Å²) in [6.45, 7) is 2.92. The molecule has 1 fully saturated rings. The van der Waals surface area contributed by atoms with E-state index in [1.807, 2.05) is 16.9 Å². The van der Waals surface area contributed by atoms with Crippen LogP contribution < -0.4 is 0 Å². The lowest BCUT2D eigenvalue weighted by atomic mass is 9.75. The number of hydrogen-bond acceptors (Lipinski definition) is 3. The van der Waals surface area contributed by atoms with E-state index in [0.29, 0.717) is 17.8 Å². The van der Waals surface area contributed by atoms with Crippen LogP contribution in [0.1, 0.15) is 38.2 Å². The number of Topliss-reactive ketones (excluding diaryl/α,β-unsaturated/α-hetero) is 1. The van der Waals surface area contributed by atoms with Crippen molar-refractivity contribution in [1.82, 2.24) is 9.78 Å². The Balaban J connectivity index is 1.87. The molecule has 1 aliphatic carbocycles. The van der Waals surface area contributed by atoms with Crippen LogP contribution in [0.25, 0.3) is 10.9 Å². The monoisotopic (exact) mass is 267 g/mol. The van der Waals surface area contributed by atoms with Crippen LogP contribution >= 0.6 is 0 Å². The normalized spacial score (nSPS) is 22.9. The molecule has 3 rings (SSSR count). The van der Waals surface area contributed by atoms with Crippen LogP contribution in [0, 0.1) is 16.7 Å². The molecule has 1 aromatic heterocycles. The van der Waals surface area contributed by atoms with Gasteiger partial charge in [0.25, 0.3) is 0 Å². The van der Waals surface area contributed by atoms with E-state index in [2.05, 4.69) is 18.1 Å². The van der Waals surface area contributed by atoms with E-state index in [0.717, 1.165) is 36.7 Å². The number of rotatable bonds is 2. The maximum Gasteiger partial charge on any atom is 0.133 e. The number of nitrogens with zero attached hydrogens (tertiary/aromatic N) is 3. The van der Waals surface area contributed by atoms with E-state index < -0.39 is 0 Å². The summed E-state index contributed by atoms with van der Waals surface area (Å²) in [4.78, 5) is 11.7. The highest BCUT2D eigenvalue weighted by Gasteiger charge is 2.31. The van der Waals surface area contributed by atoms with Crippen molar-refractivity contribution >= 4 is 16.7 Å². The van der Waals surface area contributed by atoms with Crippen molar-refractivity contribution in [1.29, 1.82) is 5.26 Å². The minimum atomic E-state index is 0.00936. The van der Waals surface area contributed by atoms with Crippen LogP contribution in [0.5, 0.6) is 0 Å². The van der Waals surface area contributed by atoms with Crippen LogP contribution in [0.3, 0.4) is 0 Å². The van der Waals surface area contributed by atoms with Gasteiger partial charge in [-0.1, -0.05) is 6.92 Å². The van der Waals surface area contributed by atoms with E-state index in [1.165, 1.54) is 0 Å². The number of hydrogen-bond donors (Lipinski definition) is 0. The van der Waals surface area contributed by atoms with Gasteiger partial charge in [0, 0.05) is 31.0 Å². The van der Waals surface area contributed by atoms with E-state index in [-0.39, 0.29) is 5.41 Å². The molecule has 0 unspecified atom stereocenters. The van der Waals surface area contributed by atoms with Crippen molar-refractivity contribution in [3.05, 3.63) is 30.0 Å². The molecule has 1 aromatic carbocycles. The summed E-state index contributed by atoms with van der Waals surface area (Å²) in [6.07, 6.45) is 5.42. The molecule has 102 valence electrons. The Hall–Kier alpha value is -2.15. The van der Waals surface area contributed by atoms with Gasteiger partial charge >= 0.3 is 0 Å². The topological polar surface area (TPSA) is 58.7 Å². The van der Waals surface area contributed by atoms with Crippen molar-refractivity contribution in [3.8, 4) is 6.07 Å². The first-order valence-electron chi connectivity index (χ1n) is 6.97. The number of ketones is 1. The van der Waals surface area contributed by atoms with E-state index >= 15 is 0 Å². The van der Waals surface area contributed by atoms with Gasteiger partial charge in [0.1, 0.15) is 5.78 Å². The van der Waals surface area contributed by atoms with Gasteiger partial charge in [-0.05, 0) is 36.5 Å². The van der Waals surface area contributed by atoms with Gasteiger partial charge < -0.3 is 0 Å². The first kappa shape index (κ1) is 12.9. The van der Waals surface area contributed by atoms with Crippen molar-refractivity contribution < 1.29 is 4.79 Å². The summed E-state index contributed by atoms with van der Waals surface area (Å²) in [5.74, 6) is 0.363. The van der Waals surface area contributed by atoms with Gasteiger partial charge in [-0.15, -0.1) is 0 Å². The average Bonchev–Trinajstić information content (AvgIpc) is 2.78. The molecule has 2 aromatic rings. The SMILES string of the molecule is C[C@]1(Cn2cc3ccc(C#N)cc3n2)CCCC(=O)C1. The van der Waals surface area contributed by atoms with Gasteiger partial charge in [0.2, 0.25) is 0 Å². The lowest BCUT2D eigenvalue weighted by molar-refractivity contribution is -0.123. The number of aromatic nitrogens is 2. The first-order valence-corrected chi connectivity index (χ1v) is 6.97. The van der Waals surface area contributed by atoms with Crippen molar-refractivity contribution in [2.45, 2.75) is 39.2 Å². The zero-order valence-electron chi connectivity index (χ0n) is 11.6. The summed E-state index contributed by atoms with van der Waals surface area (Å²) in [5.41, 5.74) is 1.48. The zero-order chi connectivity index (χ0) is 14.2. The van der Waals surface area contributed by atoms with Crippen LogP contribution in [-0.4, -0.2) is 15.6 Å². The second kappa shape index (κ2) is 4.75. The molecule has 1 saturated carbocycles. The fourth-order valence-corrected chi connectivity index (χ4v) is 3.11. The Kier molecular flexibility index (Phi) is 3.06. The number of nitriles is 1. The number of benzene rings is 1. The van der Waals surface area contributed by atoms with Crippen molar-refractivity contribution in [2.75, 3.05) is 0 Å². The molecule has 4 heteroatoms. The van der Waals surface area contributed by atoms with E-state index in [4.69, 9.17) is 5.26 Å². The molecule has 0 amide bonds. The lowest BCUT2D eigenvalue weighted by Gasteiger charge is -2.32. The molecule has 1 heterocycles. The van der Waals surface area contributed by atoms with Gasteiger partial charge in [-0.2, -0.15) is 10.4 Å². The van der Waals surface area contributed by atoms with Gasteiger partial charge in [0.05, 0.1) is 17.1 Å². The first-order chi connectivity index (χ1) is 9.58. The molecule has 0 spiro atoms. The molecule has 1 atom stereocenters. The van der Waals surface area contributed by atoms with Crippen LogP contribution in [0.15, 0.2) is 24.4 Å². The summed E-state index contributed by atoms with van der Waals surface area (Å²) in [7, 11) is 0. The molecule has 1 aliphatic rings. The lowest BCUT2D eigenvalue weighted by Crippen LogP contribution is -2.30. The van der Waals surface area contributed by atoms with Crippen LogP contribution in [0.4, 0.5) is 0 Å². The zero-order valence-corrected chi connectivity index (χ0v) is 11.6. The minimum Gasteiger partial charge on any atom is -0.300 e. The van der Waals surface area contributed by atoms with E-state index in [1.54, 1.807) is 12.1 Å². The molecule has 0 radical (unpaired) electrons. The third-order valence-electron chi connectivity index (χ3n) is 4.09. The highest BCUT2D eigenvalue weighted by molar-refractivity contribution is 5.80. The van der Waals surface area contributed by atoms with Crippen LogP contribution in [0.2, 0.25) is 0 Å². The van der Waals surface area contributed by atoms with Gasteiger partial charge in [-0.3, -0.25) is 9.48 Å². The quantitative estimate of drug-likeness (QED) is 0.840. The predicted octanol–water partition coefficient (Wildman–Crippen LogP) is 3.06. The predicted molar refractivity (Wildman–Crippen MR) is 76.0 cm³/mol. The molecule has 0 saturated heterocycles. The largest absolute Gasteiger partial charge is 0.300 e. The van der Waals surface area contributed by atoms with Crippen molar-refractivity contribution in [2.24, 2.45) is 5.41 Å². The summed E-state index contributed by atoms with van der Waals surface area (Å²) in [6, 6.07) is 7.66. The number of carbonyl (C=O) groups excluding carboxylic acids is 1. The number of carbonyl (C=O) groups is 1. The highest BCUT2D eigenvalue weighted by atomic mass is 16.1. The summed E-state index contributed by atoms with van der Waals surface area (Å²) >= 11 is 0. The standard InChI is InChI=1S/C16H17N3O/c1-16(6-2-3-14(20)8-16)11-19-10-13-5-4-12(9-17)7-15(13)18-19/h4-5,7,10H,2-3,6,8,11H2,1H3/t16-/m0/s1. The molecular weight excluding hydrogens is 250 g/mol. The van der Waals surface area contributed by atoms with Gasteiger partial charge in [0.15, 0.2) is 0 Å². The maximum absolute atomic E-state index is 11.7. The summed E-state index contributed by atoms with van der Waals surface area (Å²) in [5, 5.41) is 14.5. The fraction of sp³-hybridized carbons (Fsp3) is 0.438. The Bertz CT molecular complexity index is 710. The molecular formula is C16H17N3O. The average molecular weight is 267 g/mol. The van der Waals surface area contributed by atoms with Crippen LogP contribution in [-0.2, 0) is 11.3 Å². The highest BCUT2D eigenvalue weighted by Crippen LogP contribution is 2.35. The Morgan fingerprint density at radius 1 is 1.50 bits per heavy atom. The second-order valence-electron chi connectivity index (χ2n) is 6.09. The van der Waals surface area contributed by atoms with Crippen molar-refractivity contribution in [3.63, 3.8) is 0 Å². The number of fused-ring (bicyclic) bond motifs is 1. The van der Waals surface area contributed by atoms with Gasteiger partial charge in [-0.25, -0.2) is 0 Å². The Labute approximate surface area is 118 Å². The fourth-order valence-electron chi connectivity index (χ4n) is 3.11. The minimum absolute atomic E-state index is 0.00936. The van der Waals surface area contributed by atoms with E-state index in [9.17, 15) is 4.79 Å². The molecule has 0 aliphatic heterocycles. The maximum atomic E-state index is 11.7. The third-order valence-corrected chi connectivity index (χ3v) is 4.09. The molecule has 20 heavy (non-hydrogen) atoms. The molecule has 4 nitrogen and oxygen atoms in total. The smallest absolute Gasteiger partial charge is 0.133 e.